The molecule has 0 radical (unpaired) electrons. The number of carbonyl (C=O) groups excluding carboxylic acids is 1. The molecule has 0 aliphatic heterocycles. The summed E-state index contributed by atoms with van der Waals surface area (Å²) < 4.78 is 12.5. The van der Waals surface area contributed by atoms with Crippen LogP contribution in [-0.2, 0) is 20.8 Å². The van der Waals surface area contributed by atoms with Crippen LogP contribution in [-0.4, -0.2) is 30.9 Å². The van der Waals surface area contributed by atoms with Crippen LogP contribution in [0.3, 0.4) is 0 Å². The third-order valence-electron chi connectivity index (χ3n) is 3.76. The summed E-state index contributed by atoms with van der Waals surface area (Å²) in [5.74, 6) is 0. The number of aromatic nitrogens is 1. The lowest BCUT2D eigenvalue weighted by atomic mass is 10.2. The molecule has 128 valence electrons. The Morgan fingerprint density at radius 2 is 1.92 bits per heavy atom. The molecule has 0 unspecified atom stereocenters. The molecule has 0 bridgehead atoms. The molecule has 4 heteroatoms. The van der Waals surface area contributed by atoms with Gasteiger partial charge < -0.3 is 14.0 Å². The lowest BCUT2D eigenvalue weighted by molar-refractivity contribution is -0.129. The van der Waals surface area contributed by atoms with Crippen molar-refractivity contribution in [1.29, 1.82) is 0 Å². The highest BCUT2D eigenvalue weighted by Gasteiger charge is 1.98. The van der Waals surface area contributed by atoms with Crippen molar-refractivity contribution in [3.05, 3.63) is 58.7 Å². The van der Waals surface area contributed by atoms with Crippen LogP contribution < -0.4 is 10.6 Å². The Labute approximate surface area is 143 Å². The van der Waals surface area contributed by atoms with Gasteiger partial charge in [0.1, 0.15) is 0 Å². The maximum Gasteiger partial charge on any atom is 0.293 e. The zero-order valence-electron chi connectivity index (χ0n) is 14.2. The van der Waals surface area contributed by atoms with Crippen LogP contribution in [0.15, 0.2) is 42.6 Å². The molecule has 0 amide bonds. The first-order valence-corrected chi connectivity index (χ1v) is 8.33. The fraction of sp³-hybridized carbons (Fsp3) is 0.350. The second-order valence-corrected chi connectivity index (χ2v) is 5.48. The van der Waals surface area contributed by atoms with Gasteiger partial charge in [-0.05, 0) is 30.2 Å². The molecule has 1 heterocycles. The van der Waals surface area contributed by atoms with Crippen LogP contribution in [0, 0.1) is 0 Å². The topological polar surface area (TPSA) is 40.5 Å². The SMILES string of the molecule is C/C=c1/ccn(Cc2ccccc2)/c1=C/CCOCCCOC=O. The number of ether oxygens (including phenoxy) is 2. The molecule has 1 aromatic heterocycles. The Morgan fingerprint density at radius 1 is 1.08 bits per heavy atom. The van der Waals surface area contributed by atoms with E-state index in [9.17, 15) is 4.79 Å². The van der Waals surface area contributed by atoms with Gasteiger partial charge in [0, 0.05) is 31.1 Å². The normalized spacial score (nSPS) is 12.5. The number of hydrogen-bond acceptors (Lipinski definition) is 3. The molecule has 0 N–H and O–H groups in total. The van der Waals surface area contributed by atoms with Crippen molar-refractivity contribution in [2.24, 2.45) is 0 Å². The summed E-state index contributed by atoms with van der Waals surface area (Å²) in [5, 5.41) is 2.47. The standard InChI is InChI=1S/C20H25NO3/c1-2-19-11-12-21(16-18-8-4-3-5-9-18)20(19)10-6-13-23-14-7-15-24-17-22/h2-5,8-12,17H,6-7,13-16H2,1H3/b19-2-,20-10+. The molecule has 0 saturated heterocycles. The average molecular weight is 327 g/mol. The van der Waals surface area contributed by atoms with Crippen molar-refractivity contribution in [1.82, 2.24) is 4.57 Å². The molecular formula is C20H25NO3. The first-order valence-electron chi connectivity index (χ1n) is 8.33. The van der Waals surface area contributed by atoms with Crippen LogP contribution >= 0.6 is 0 Å². The first-order chi connectivity index (χ1) is 11.8. The first kappa shape index (κ1) is 18.0. The van der Waals surface area contributed by atoms with Crippen molar-refractivity contribution in [3.8, 4) is 0 Å². The molecule has 2 rings (SSSR count). The molecule has 0 atom stereocenters. The van der Waals surface area contributed by atoms with Crippen molar-refractivity contribution in [3.63, 3.8) is 0 Å². The molecule has 2 aromatic rings. The maximum atomic E-state index is 10.0. The maximum absolute atomic E-state index is 10.0. The Bertz CT molecular complexity index is 719. The smallest absolute Gasteiger partial charge is 0.293 e. The van der Waals surface area contributed by atoms with Gasteiger partial charge in [-0.25, -0.2) is 0 Å². The number of hydrogen-bond donors (Lipinski definition) is 0. The molecule has 4 nitrogen and oxygen atoms in total. The van der Waals surface area contributed by atoms with Crippen LogP contribution in [0.2, 0.25) is 0 Å². The average Bonchev–Trinajstić information content (AvgIpc) is 3.00. The number of nitrogens with zero attached hydrogens (tertiary/aromatic N) is 1. The Balaban J connectivity index is 1.93. The lowest BCUT2D eigenvalue weighted by Crippen LogP contribution is -2.29. The van der Waals surface area contributed by atoms with E-state index in [1.165, 1.54) is 16.1 Å². The van der Waals surface area contributed by atoms with Crippen molar-refractivity contribution >= 4 is 18.6 Å². The summed E-state index contributed by atoms with van der Waals surface area (Å²) >= 11 is 0. The van der Waals surface area contributed by atoms with Gasteiger partial charge >= 0.3 is 0 Å². The summed E-state index contributed by atoms with van der Waals surface area (Å²) in [6.45, 7) is 5.09. The van der Waals surface area contributed by atoms with Crippen molar-refractivity contribution in [2.75, 3.05) is 19.8 Å². The summed E-state index contributed by atoms with van der Waals surface area (Å²) in [6.07, 6.45) is 8.07. The molecule has 0 aliphatic rings. The minimum Gasteiger partial charge on any atom is -0.468 e. The van der Waals surface area contributed by atoms with E-state index in [0.717, 1.165) is 19.4 Å². The van der Waals surface area contributed by atoms with E-state index in [0.29, 0.717) is 26.3 Å². The van der Waals surface area contributed by atoms with Gasteiger partial charge in [-0.1, -0.05) is 42.5 Å². The van der Waals surface area contributed by atoms with Gasteiger partial charge in [0.25, 0.3) is 6.47 Å². The number of benzene rings is 1. The highest BCUT2D eigenvalue weighted by atomic mass is 16.5. The van der Waals surface area contributed by atoms with E-state index in [4.69, 9.17) is 4.74 Å². The Morgan fingerprint density at radius 3 is 2.67 bits per heavy atom. The monoisotopic (exact) mass is 327 g/mol. The second kappa shape index (κ2) is 10.4. The van der Waals surface area contributed by atoms with Gasteiger partial charge in [-0.2, -0.15) is 0 Å². The quantitative estimate of drug-likeness (QED) is 0.495. The van der Waals surface area contributed by atoms with E-state index >= 15 is 0 Å². The fourth-order valence-corrected chi connectivity index (χ4v) is 2.57. The van der Waals surface area contributed by atoms with Crippen LogP contribution in [0.5, 0.6) is 0 Å². The molecule has 24 heavy (non-hydrogen) atoms. The predicted octanol–water partition coefficient (Wildman–Crippen LogP) is 2.09. The van der Waals surface area contributed by atoms with E-state index < -0.39 is 0 Å². The van der Waals surface area contributed by atoms with E-state index in [1.807, 2.05) is 6.07 Å². The Kier molecular flexibility index (Phi) is 7.84. The number of carbonyl (C=O) groups is 1. The second-order valence-electron chi connectivity index (χ2n) is 5.48. The zero-order valence-corrected chi connectivity index (χ0v) is 14.2. The summed E-state index contributed by atoms with van der Waals surface area (Å²) in [7, 11) is 0. The van der Waals surface area contributed by atoms with E-state index in [2.05, 4.69) is 64.9 Å². The van der Waals surface area contributed by atoms with E-state index in [-0.39, 0.29) is 0 Å². The third-order valence-corrected chi connectivity index (χ3v) is 3.76. The zero-order chi connectivity index (χ0) is 17.0. The predicted molar refractivity (Wildman–Crippen MR) is 95.9 cm³/mol. The molecule has 0 fully saturated rings. The molecular weight excluding hydrogens is 302 g/mol. The molecule has 0 saturated carbocycles. The van der Waals surface area contributed by atoms with Gasteiger partial charge in [-0.3, -0.25) is 4.79 Å². The molecule has 1 aromatic carbocycles. The largest absolute Gasteiger partial charge is 0.468 e. The Hall–Kier alpha value is -2.33. The van der Waals surface area contributed by atoms with Crippen molar-refractivity contribution < 1.29 is 14.3 Å². The van der Waals surface area contributed by atoms with Gasteiger partial charge in [-0.15, -0.1) is 0 Å². The molecule has 0 aliphatic carbocycles. The lowest BCUT2D eigenvalue weighted by Gasteiger charge is -2.05. The van der Waals surface area contributed by atoms with Gasteiger partial charge in [0.2, 0.25) is 0 Å². The fourth-order valence-electron chi connectivity index (χ4n) is 2.57. The minimum absolute atomic E-state index is 0.419. The number of rotatable bonds is 10. The molecule has 0 spiro atoms. The minimum atomic E-state index is 0.419. The summed E-state index contributed by atoms with van der Waals surface area (Å²) in [6, 6.07) is 12.6. The van der Waals surface area contributed by atoms with Crippen LogP contribution in [0.1, 0.15) is 25.3 Å². The van der Waals surface area contributed by atoms with Gasteiger partial charge in [0.05, 0.1) is 13.2 Å². The highest BCUT2D eigenvalue weighted by molar-refractivity contribution is 5.36. The van der Waals surface area contributed by atoms with Crippen LogP contribution in [0.25, 0.3) is 12.2 Å². The van der Waals surface area contributed by atoms with Crippen LogP contribution in [0.4, 0.5) is 0 Å². The third kappa shape index (κ3) is 5.70. The highest BCUT2D eigenvalue weighted by Crippen LogP contribution is 2.00. The van der Waals surface area contributed by atoms with E-state index in [1.54, 1.807) is 0 Å². The summed E-state index contributed by atoms with van der Waals surface area (Å²) in [5.41, 5.74) is 1.29. The summed E-state index contributed by atoms with van der Waals surface area (Å²) in [4.78, 5) is 10.0. The van der Waals surface area contributed by atoms with Gasteiger partial charge in [0.15, 0.2) is 0 Å². The van der Waals surface area contributed by atoms with Crippen molar-refractivity contribution in [2.45, 2.75) is 26.3 Å².